The second kappa shape index (κ2) is 7.25. The van der Waals surface area contributed by atoms with Gasteiger partial charge in [-0.25, -0.2) is 9.78 Å². The van der Waals surface area contributed by atoms with Crippen LogP contribution < -0.4 is 0 Å². The number of hydrogen-bond donors (Lipinski definition) is 0. The molecule has 1 heterocycles. The third-order valence-corrected chi connectivity index (χ3v) is 3.21. The monoisotopic (exact) mass is 321 g/mol. The Labute approximate surface area is 133 Å². The van der Waals surface area contributed by atoms with Crippen LogP contribution in [0.25, 0.3) is 12.2 Å². The van der Waals surface area contributed by atoms with Gasteiger partial charge in [-0.1, -0.05) is 41.4 Å². The molecule has 0 bridgehead atoms. The lowest BCUT2D eigenvalue weighted by molar-refractivity contribution is 0.0519. The number of halogens is 2. The van der Waals surface area contributed by atoms with E-state index in [1.54, 1.807) is 43.3 Å². The highest BCUT2D eigenvalue weighted by Crippen LogP contribution is 2.22. The Kier molecular flexibility index (Phi) is 5.37. The normalized spacial score (nSPS) is 10.8. The zero-order chi connectivity index (χ0) is 15.2. The maximum Gasteiger partial charge on any atom is 0.356 e. The molecule has 0 unspecified atom stereocenters. The molecule has 21 heavy (non-hydrogen) atoms. The van der Waals surface area contributed by atoms with Gasteiger partial charge in [0.2, 0.25) is 0 Å². The van der Waals surface area contributed by atoms with Crippen molar-refractivity contribution in [3.63, 3.8) is 0 Å². The second-order valence-corrected chi connectivity index (χ2v) is 5.01. The van der Waals surface area contributed by atoms with Crippen LogP contribution in [0.4, 0.5) is 0 Å². The first-order valence-corrected chi connectivity index (χ1v) is 7.13. The van der Waals surface area contributed by atoms with Gasteiger partial charge in [-0.05, 0) is 42.8 Å². The fourth-order valence-corrected chi connectivity index (χ4v) is 2.15. The van der Waals surface area contributed by atoms with Gasteiger partial charge in [-0.15, -0.1) is 0 Å². The number of pyridine rings is 1. The smallest absolute Gasteiger partial charge is 0.356 e. The van der Waals surface area contributed by atoms with Gasteiger partial charge in [-0.2, -0.15) is 0 Å². The molecule has 0 saturated heterocycles. The van der Waals surface area contributed by atoms with Crippen LogP contribution in [0.5, 0.6) is 0 Å². The summed E-state index contributed by atoms with van der Waals surface area (Å²) in [5, 5.41) is 1.14. The molecule has 0 aliphatic rings. The fourth-order valence-electron chi connectivity index (χ4n) is 1.67. The molecular weight excluding hydrogens is 309 g/mol. The lowest BCUT2D eigenvalue weighted by Gasteiger charge is -2.02. The topological polar surface area (TPSA) is 39.2 Å². The van der Waals surface area contributed by atoms with Gasteiger partial charge < -0.3 is 4.74 Å². The molecule has 108 valence electrons. The molecular formula is C16H13Cl2NO2. The molecule has 0 aliphatic heterocycles. The Morgan fingerprint density at radius 1 is 1.24 bits per heavy atom. The molecule has 0 N–H and O–H groups in total. The van der Waals surface area contributed by atoms with Crippen molar-refractivity contribution in [2.45, 2.75) is 6.92 Å². The van der Waals surface area contributed by atoms with Gasteiger partial charge in [0.25, 0.3) is 0 Å². The van der Waals surface area contributed by atoms with E-state index in [2.05, 4.69) is 4.98 Å². The zero-order valence-corrected chi connectivity index (χ0v) is 12.9. The molecule has 5 heteroatoms. The summed E-state index contributed by atoms with van der Waals surface area (Å²) in [6, 6.07) is 10.4. The van der Waals surface area contributed by atoms with E-state index in [9.17, 15) is 4.79 Å². The van der Waals surface area contributed by atoms with Crippen molar-refractivity contribution in [3.05, 3.63) is 63.4 Å². The molecule has 3 nitrogen and oxygen atoms in total. The Bertz CT molecular complexity index is 684. The number of nitrogens with zero attached hydrogens (tertiary/aromatic N) is 1. The van der Waals surface area contributed by atoms with E-state index in [0.717, 1.165) is 5.56 Å². The molecule has 0 fully saturated rings. The summed E-state index contributed by atoms with van der Waals surface area (Å²) in [5.74, 6) is -0.433. The van der Waals surface area contributed by atoms with Crippen molar-refractivity contribution in [1.82, 2.24) is 4.98 Å². The van der Waals surface area contributed by atoms with Crippen molar-refractivity contribution >= 4 is 41.3 Å². The van der Waals surface area contributed by atoms with E-state index in [-0.39, 0.29) is 5.69 Å². The minimum atomic E-state index is -0.433. The van der Waals surface area contributed by atoms with Crippen LogP contribution >= 0.6 is 23.2 Å². The van der Waals surface area contributed by atoms with Gasteiger partial charge >= 0.3 is 5.97 Å². The van der Waals surface area contributed by atoms with Crippen molar-refractivity contribution in [3.8, 4) is 0 Å². The van der Waals surface area contributed by atoms with Crippen LogP contribution in [0.2, 0.25) is 10.0 Å². The number of hydrogen-bond acceptors (Lipinski definition) is 3. The number of carbonyl (C=O) groups excluding carboxylic acids is 1. The largest absolute Gasteiger partial charge is 0.461 e. The van der Waals surface area contributed by atoms with Crippen LogP contribution in [-0.2, 0) is 4.74 Å². The van der Waals surface area contributed by atoms with Crippen LogP contribution in [0.15, 0.2) is 36.4 Å². The molecule has 2 aromatic rings. The number of esters is 1. The number of aromatic nitrogens is 1. The summed E-state index contributed by atoms with van der Waals surface area (Å²) in [6.07, 6.45) is 3.59. The minimum Gasteiger partial charge on any atom is -0.461 e. The Morgan fingerprint density at radius 2 is 2.05 bits per heavy atom. The summed E-state index contributed by atoms with van der Waals surface area (Å²) in [5.41, 5.74) is 1.75. The highest BCUT2D eigenvalue weighted by atomic mass is 35.5. The molecule has 2 rings (SSSR count). The molecule has 1 aromatic carbocycles. The van der Waals surface area contributed by atoms with Crippen LogP contribution in [0.3, 0.4) is 0 Å². The third-order valence-electron chi connectivity index (χ3n) is 2.65. The van der Waals surface area contributed by atoms with E-state index in [4.69, 9.17) is 27.9 Å². The number of carbonyl (C=O) groups is 1. The molecule has 0 atom stereocenters. The first kappa shape index (κ1) is 15.5. The highest BCUT2D eigenvalue weighted by Gasteiger charge is 2.07. The first-order chi connectivity index (χ1) is 10.1. The second-order valence-electron chi connectivity index (χ2n) is 4.17. The van der Waals surface area contributed by atoms with E-state index >= 15 is 0 Å². The predicted molar refractivity (Wildman–Crippen MR) is 85.6 cm³/mol. The summed E-state index contributed by atoms with van der Waals surface area (Å²) >= 11 is 11.9. The van der Waals surface area contributed by atoms with E-state index in [1.807, 2.05) is 12.1 Å². The maximum atomic E-state index is 11.6. The van der Waals surface area contributed by atoms with E-state index < -0.39 is 5.97 Å². The summed E-state index contributed by atoms with van der Waals surface area (Å²) < 4.78 is 4.92. The summed E-state index contributed by atoms with van der Waals surface area (Å²) in [6.45, 7) is 2.07. The SMILES string of the molecule is CCOC(=O)c1cccc(/C=C/c2ccc(Cl)cc2Cl)n1. The van der Waals surface area contributed by atoms with Crippen LogP contribution in [0, 0.1) is 0 Å². The summed E-state index contributed by atoms with van der Waals surface area (Å²) in [4.78, 5) is 15.8. The van der Waals surface area contributed by atoms with Crippen molar-refractivity contribution < 1.29 is 9.53 Å². The van der Waals surface area contributed by atoms with E-state index in [1.165, 1.54) is 0 Å². The third kappa shape index (κ3) is 4.31. The average molecular weight is 322 g/mol. The van der Waals surface area contributed by atoms with Gasteiger partial charge in [0.1, 0.15) is 5.69 Å². The zero-order valence-electron chi connectivity index (χ0n) is 11.3. The predicted octanol–water partition coefficient (Wildman–Crippen LogP) is 4.74. The average Bonchev–Trinajstić information content (AvgIpc) is 2.47. The van der Waals surface area contributed by atoms with Gasteiger partial charge in [0.05, 0.1) is 12.3 Å². The van der Waals surface area contributed by atoms with Crippen molar-refractivity contribution in [1.29, 1.82) is 0 Å². The highest BCUT2D eigenvalue weighted by molar-refractivity contribution is 6.35. The van der Waals surface area contributed by atoms with Crippen LogP contribution in [0.1, 0.15) is 28.7 Å². The maximum absolute atomic E-state index is 11.6. The molecule has 0 amide bonds. The molecule has 0 aliphatic carbocycles. The number of benzene rings is 1. The van der Waals surface area contributed by atoms with Gasteiger partial charge in [0, 0.05) is 10.0 Å². The summed E-state index contributed by atoms with van der Waals surface area (Å²) in [7, 11) is 0. The van der Waals surface area contributed by atoms with Crippen molar-refractivity contribution in [2.75, 3.05) is 6.61 Å². The van der Waals surface area contributed by atoms with E-state index in [0.29, 0.717) is 22.3 Å². The first-order valence-electron chi connectivity index (χ1n) is 6.37. The quantitative estimate of drug-likeness (QED) is 0.764. The van der Waals surface area contributed by atoms with Gasteiger partial charge in [0.15, 0.2) is 0 Å². The number of ether oxygens (including phenoxy) is 1. The van der Waals surface area contributed by atoms with Gasteiger partial charge in [-0.3, -0.25) is 0 Å². The lowest BCUT2D eigenvalue weighted by atomic mass is 10.2. The fraction of sp³-hybridized carbons (Fsp3) is 0.125. The number of rotatable bonds is 4. The Morgan fingerprint density at radius 3 is 2.76 bits per heavy atom. The Hall–Kier alpha value is -1.84. The minimum absolute atomic E-state index is 0.279. The molecule has 0 spiro atoms. The molecule has 0 saturated carbocycles. The molecule has 0 radical (unpaired) electrons. The Balaban J connectivity index is 2.21. The molecule has 1 aromatic heterocycles. The van der Waals surface area contributed by atoms with Crippen LogP contribution in [-0.4, -0.2) is 17.6 Å². The lowest BCUT2D eigenvalue weighted by Crippen LogP contribution is -2.07. The standard InChI is InChI=1S/C16H13Cl2NO2/c1-2-21-16(20)15-5-3-4-13(19-15)9-7-11-6-8-12(17)10-14(11)18/h3-10H,2H2,1H3/b9-7+. The van der Waals surface area contributed by atoms with Crippen molar-refractivity contribution in [2.24, 2.45) is 0 Å².